The summed E-state index contributed by atoms with van der Waals surface area (Å²) >= 11 is 6.90. The number of amides is 2. The van der Waals surface area contributed by atoms with Crippen LogP contribution >= 0.6 is 23.4 Å². The highest BCUT2D eigenvalue weighted by atomic mass is 35.5. The monoisotopic (exact) mass is 378 g/mol. The molecule has 1 saturated heterocycles. The maximum Gasteiger partial charge on any atom is 0.321 e. The molecule has 0 radical (unpaired) electrons. The van der Waals surface area contributed by atoms with Crippen LogP contribution in [0.1, 0.15) is 13.3 Å². The van der Waals surface area contributed by atoms with Crippen LogP contribution in [0.3, 0.4) is 0 Å². The fraction of sp³-hybridized carbons (Fsp3) is 0.467. The Kier molecular flexibility index (Phi) is 5.92. The van der Waals surface area contributed by atoms with Gasteiger partial charge in [-0.1, -0.05) is 17.7 Å². The lowest BCUT2D eigenvalue weighted by molar-refractivity contribution is -0.146. The van der Waals surface area contributed by atoms with Gasteiger partial charge >= 0.3 is 12.0 Å². The van der Waals surface area contributed by atoms with Crippen molar-refractivity contribution in [1.29, 1.82) is 0 Å². The quantitative estimate of drug-likeness (QED) is 0.759. The number of halogens is 3. The Morgan fingerprint density at radius 1 is 1.50 bits per heavy atom. The van der Waals surface area contributed by atoms with Crippen molar-refractivity contribution in [2.24, 2.45) is 5.41 Å². The van der Waals surface area contributed by atoms with Crippen molar-refractivity contribution in [3.8, 4) is 0 Å². The Morgan fingerprint density at radius 3 is 2.79 bits per heavy atom. The molecule has 0 spiro atoms. The molecule has 0 aliphatic carbocycles. The number of likely N-dealkylation sites (tertiary alicyclic amines) is 1. The van der Waals surface area contributed by atoms with Gasteiger partial charge in [0.2, 0.25) is 6.43 Å². The highest BCUT2D eigenvalue weighted by Crippen LogP contribution is 2.36. The second-order valence-electron chi connectivity index (χ2n) is 5.79. The molecular weight excluding hydrogens is 362 g/mol. The van der Waals surface area contributed by atoms with Crippen molar-refractivity contribution >= 4 is 41.1 Å². The summed E-state index contributed by atoms with van der Waals surface area (Å²) in [4.78, 5) is 25.4. The zero-order chi connectivity index (χ0) is 17.9. The molecule has 0 bridgehead atoms. The second-order valence-corrected chi connectivity index (χ2v) is 7.22. The fourth-order valence-electron chi connectivity index (χ4n) is 2.40. The molecule has 1 unspecified atom stereocenters. The molecule has 5 nitrogen and oxygen atoms in total. The van der Waals surface area contributed by atoms with E-state index >= 15 is 0 Å². The highest BCUT2D eigenvalue weighted by molar-refractivity contribution is 7.99. The smallest absolute Gasteiger partial charge is 0.321 e. The number of carbonyl (C=O) groups excluding carboxylic acids is 1. The summed E-state index contributed by atoms with van der Waals surface area (Å²) in [5.41, 5.74) is -0.638. The first-order chi connectivity index (χ1) is 11.2. The molecule has 0 aromatic heterocycles. The number of nitrogens with one attached hydrogen (secondary N) is 1. The summed E-state index contributed by atoms with van der Waals surface area (Å²) in [7, 11) is 0. The molecule has 1 fully saturated rings. The number of benzene rings is 1. The number of thioether (sulfide) groups is 1. The van der Waals surface area contributed by atoms with Crippen LogP contribution in [-0.2, 0) is 4.79 Å². The third kappa shape index (κ3) is 4.30. The van der Waals surface area contributed by atoms with E-state index in [1.807, 2.05) is 0 Å². The van der Waals surface area contributed by atoms with Gasteiger partial charge in [-0.05, 0) is 25.5 Å². The van der Waals surface area contributed by atoms with E-state index in [1.165, 1.54) is 4.90 Å². The molecule has 1 aromatic carbocycles. The Hall–Kier alpha value is -1.54. The van der Waals surface area contributed by atoms with Crippen molar-refractivity contribution in [2.75, 3.05) is 24.2 Å². The second kappa shape index (κ2) is 7.57. The van der Waals surface area contributed by atoms with Crippen LogP contribution in [0.15, 0.2) is 23.1 Å². The third-order valence-corrected chi connectivity index (χ3v) is 5.41. The number of aliphatic carboxylic acids is 1. The minimum atomic E-state index is -2.50. The lowest BCUT2D eigenvalue weighted by atomic mass is 9.90. The van der Waals surface area contributed by atoms with Gasteiger partial charge in [0.25, 0.3) is 0 Å². The number of hydrogen-bond donors (Lipinski definition) is 2. The van der Waals surface area contributed by atoms with Crippen LogP contribution in [0.5, 0.6) is 0 Å². The molecule has 1 aromatic rings. The highest BCUT2D eigenvalue weighted by Gasteiger charge is 2.42. The predicted molar refractivity (Wildman–Crippen MR) is 89.1 cm³/mol. The standard InChI is InChI=1S/C15H17ClF2N2O3S/c1-15(13(21)22)5-6-20(8-15)14(23)19-10-4-2-3-9(16)12(10)24-7-11(17)18/h2-4,11H,5-8H2,1H3,(H,19,23)(H,21,22). The molecule has 132 valence electrons. The lowest BCUT2D eigenvalue weighted by Crippen LogP contribution is -2.37. The van der Waals surface area contributed by atoms with E-state index in [2.05, 4.69) is 5.32 Å². The SMILES string of the molecule is CC1(C(=O)O)CCN(C(=O)Nc2cccc(Cl)c2SCC(F)F)C1. The number of rotatable bonds is 5. The summed E-state index contributed by atoms with van der Waals surface area (Å²) in [6, 6.07) is 4.27. The molecule has 2 N–H and O–H groups in total. The molecule has 1 heterocycles. The average molecular weight is 379 g/mol. The zero-order valence-corrected chi connectivity index (χ0v) is 14.5. The summed E-state index contributed by atoms with van der Waals surface area (Å²) in [6.07, 6.45) is -2.14. The van der Waals surface area contributed by atoms with Gasteiger partial charge < -0.3 is 15.3 Å². The summed E-state index contributed by atoms with van der Waals surface area (Å²) in [6.45, 7) is 1.99. The van der Waals surface area contributed by atoms with Gasteiger partial charge in [-0.2, -0.15) is 0 Å². The lowest BCUT2D eigenvalue weighted by Gasteiger charge is -2.21. The van der Waals surface area contributed by atoms with Gasteiger partial charge in [-0.25, -0.2) is 13.6 Å². The predicted octanol–water partition coefficient (Wildman–Crippen LogP) is 4.03. The molecule has 9 heteroatoms. The zero-order valence-electron chi connectivity index (χ0n) is 12.9. The van der Waals surface area contributed by atoms with Crippen molar-refractivity contribution < 1.29 is 23.5 Å². The van der Waals surface area contributed by atoms with Crippen LogP contribution in [0.2, 0.25) is 5.02 Å². The molecule has 2 amide bonds. The molecule has 2 rings (SSSR count). The molecule has 24 heavy (non-hydrogen) atoms. The van der Waals surface area contributed by atoms with Gasteiger partial charge in [-0.15, -0.1) is 11.8 Å². The van der Waals surface area contributed by atoms with Gasteiger partial charge in [0, 0.05) is 18.0 Å². The fourth-order valence-corrected chi connectivity index (χ4v) is 3.51. The van der Waals surface area contributed by atoms with E-state index in [0.717, 1.165) is 11.8 Å². The summed E-state index contributed by atoms with van der Waals surface area (Å²) in [5.74, 6) is -1.39. The maximum absolute atomic E-state index is 12.4. The van der Waals surface area contributed by atoms with Crippen molar-refractivity contribution in [2.45, 2.75) is 24.7 Å². The number of carboxylic acid groups (broad SMARTS) is 1. The van der Waals surface area contributed by atoms with Gasteiger partial charge in [-0.3, -0.25) is 4.79 Å². The van der Waals surface area contributed by atoms with Crippen LogP contribution in [0.25, 0.3) is 0 Å². The molecular formula is C15H17ClF2N2O3S. The van der Waals surface area contributed by atoms with E-state index in [1.54, 1.807) is 25.1 Å². The van der Waals surface area contributed by atoms with Crippen LogP contribution in [0.4, 0.5) is 19.3 Å². The van der Waals surface area contributed by atoms with Gasteiger partial charge in [0.15, 0.2) is 0 Å². The van der Waals surface area contributed by atoms with Crippen molar-refractivity contribution in [3.63, 3.8) is 0 Å². The Labute approximate surface area is 147 Å². The molecule has 1 aliphatic heterocycles. The van der Waals surface area contributed by atoms with Crippen molar-refractivity contribution in [3.05, 3.63) is 23.2 Å². The van der Waals surface area contributed by atoms with Crippen LogP contribution < -0.4 is 5.32 Å². The molecule has 1 aliphatic rings. The summed E-state index contributed by atoms with van der Waals surface area (Å²) in [5, 5.41) is 12.1. The maximum atomic E-state index is 12.4. The number of nitrogens with zero attached hydrogens (tertiary/aromatic N) is 1. The first-order valence-corrected chi connectivity index (χ1v) is 8.58. The Morgan fingerprint density at radius 2 is 2.21 bits per heavy atom. The third-order valence-electron chi connectivity index (χ3n) is 3.84. The topological polar surface area (TPSA) is 69.6 Å². The van der Waals surface area contributed by atoms with E-state index < -0.39 is 29.6 Å². The number of carbonyl (C=O) groups is 2. The minimum Gasteiger partial charge on any atom is -0.481 e. The van der Waals surface area contributed by atoms with E-state index in [0.29, 0.717) is 23.5 Å². The molecule has 0 saturated carbocycles. The normalized spacial score (nSPS) is 20.5. The van der Waals surface area contributed by atoms with Gasteiger partial charge in [0.1, 0.15) is 0 Å². The van der Waals surface area contributed by atoms with Crippen LogP contribution in [0, 0.1) is 5.41 Å². The minimum absolute atomic E-state index is 0.0915. The number of alkyl halides is 2. The summed E-state index contributed by atoms with van der Waals surface area (Å²) < 4.78 is 24.9. The Balaban J connectivity index is 2.10. The van der Waals surface area contributed by atoms with Crippen molar-refractivity contribution in [1.82, 2.24) is 4.90 Å². The first kappa shape index (κ1) is 18.8. The Bertz CT molecular complexity index is 647. The van der Waals surface area contributed by atoms with Gasteiger partial charge in [0.05, 0.1) is 21.9 Å². The average Bonchev–Trinajstić information content (AvgIpc) is 2.90. The number of hydrogen-bond acceptors (Lipinski definition) is 3. The van der Waals surface area contributed by atoms with E-state index in [4.69, 9.17) is 11.6 Å². The van der Waals surface area contributed by atoms with E-state index in [9.17, 15) is 23.5 Å². The largest absolute Gasteiger partial charge is 0.481 e. The van der Waals surface area contributed by atoms with Crippen LogP contribution in [-0.4, -0.2) is 47.3 Å². The number of anilines is 1. The first-order valence-electron chi connectivity index (χ1n) is 7.22. The van der Waals surface area contributed by atoms with E-state index in [-0.39, 0.29) is 11.6 Å². The molecule has 1 atom stereocenters. The number of urea groups is 1. The number of carboxylic acids is 1.